The van der Waals surface area contributed by atoms with Gasteiger partial charge < -0.3 is 9.47 Å². The molecule has 0 aliphatic carbocycles. The number of benzene rings is 2. The number of Topliss-reactive ketones (excluding diaryl/α,β-unsaturated/α-hetero) is 2. The first-order chi connectivity index (χ1) is 14.1. The van der Waals surface area contributed by atoms with Gasteiger partial charge in [-0.1, -0.05) is 30.3 Å². The summed E-state index contributed by atoms with van der Waals surface area (Å²) < 4.78 is 10.4. The van der Waals surface area contributed by atoms with Crippen LogP contribution in [0.15, 0.2) is 48.5 Å². The molecule has 2 aromatic rings. The van der Waals surface area contributed by atoms with Crippen LogP contribution < -0.4 is 9.47 Å². The van der Waals surface area contributed by atoms with Crippen LogP contribution in [0, 0.1) is 5.92 Å². The minimum Gasteiger partial charge on any atom is -0.493 e. The summed E-state index contributed by atoms with van der Waals surface area (Å²) in [6.45, 7) is 2.95. The lowest BCUT2D eigenvalue weighted by atomic mass is 9.90. The van der Waals surface area contributed by atoms with E-state index >= 15 is 0 Å². The Morgan fingerprint density at radius 1 is 0.966 bits per heavy atom. The normalized spacial score (nSPS) is 15.1. The molecule has 0 saturated carbocycles. The van der Waals surface area contributed by atoms with Gasteiger partial charge in [0.25, 0.3) is 0 Å². The fraction of sp³-hybridized carbons (Fsp3) is 0.417. The molecule has 5 nitrogen and oxygen atoms in total. The number of rotatable bonds is 9. The molecule has 0 bridgehead atoms. The van der Waals surface area contributed by atoms with Gasteiger partial charge in [0.05, 0.1) is 20.6 Å². The zero-order valence-corrected chi connectivity index (χ0v) is 17.2. The molecule has 0 unspecified atom stereocenters. The second kappa shape index (κ2) is 10.2. The van der Waals surface area contributed by atoms with Crippen molar-refractivity contribution in [2.75, 3.05) is 27.3 Å². The van der Waals surface area contributed by atoms with Crippen LogP contribution in [0.4, 0.5) is 0 Å². The van der Waals surface area contributed by atoms with Gasteiger partial charge in [-0.05, 0) is 55.6 Å². The Kier molecular flexibility index (Phi) is 7.42. The lowest BCUT2D eigenvalue weighted by molar-refractivity contribution is -0.119. The summed E-state index contributed by atoms with van der Waals surface area (Å²) >= 11 is 0. The van der Waals surface area contributed by atoms with Crippen molar-refractivity contribution < 1.29 is 19.1 Å². The minimum atomic E-state index is -0.169. The number of carbonyl (C=O) groups is 2. The Bertz CT molecular complexity index is 826. The van der Waals surface area contributed by atoms with Crippen LogP contribution in [-0.4, -0.2) is 43.8 Å². The number of likely N-dealkylation sites (tertiary alicyclic amines) is 1. The van der Waals surface area contributed by atoms with Crippen molar-refractivity contribution in [1.82, 2.24) is 4.90 Å². The average Bonchev–Trinajstić information content (AvgIpc) is 2.75. The highest BCUT2D eigenvalue weighted by Gasteiger charge is 2.23. The molecule has 0 atom stereocenters. The van der Waals surface area contributed by atoms with Gasteiger partial charge >= 0.3 is 0 Å². The summed E-state index contributed by atoms with van der Waals surface area (Å²) in [6, 6.07) is 15.5. The highest BCUT2D eigenvalue weighted by atomic mass is 16.5. The molecule has 29 heavy (non-hydrogen) atoms. The highest BCUT2D eigenvalue weighted by molar-refractivity contribution is 6.08. The molecular formula is C24H29NO4. The maximum Gasteiger partial charge on any atom is 0.170 e. The van der Waals surface area contributed by atoms with E-state index < -0.39 is 0 Å². The predicted molar refractivity (Wildman–Crippen MR) is 113 cm³/mol. The van der Waals surface area contributed by atoms with E-state index in [1.54, 1.807) is 25.3 Å². The number of hydrogen-bond acceptors (Lipinski definition) is 5. The molecule has 1 saturated heterocycles. The molecule has 0 aromatic heterocycles. The Morgan fingerprint density at radius 3 is 2.31 bits per heavy atom. The second-order valence-corrected chi connectivity index (χ2v) is 7.62. The van der Waals surface area contributed by atoms with Gasteiger partial charge in [0.15, 0.2) is 17.3 Å². The Hall–Kier alpha value is -2.66. The number of ether oxygens (including phenoxy) is 2. The summed E-state index contributed by atoms with van der Waals surface area (Å²) in [5.74, 6) is 1.28. The average molecular weight is 395 g/mol. The third kappa shape index (κ3) is 5.91. The van der Waals surface area contributed by atoms with Crippen molar-refractivity contribution in [3.63, 3.8) is 0 Å². The van der Waals surface area contributed by atoms with Gasteiger partial charge in [0.1, 0.15) is 5.78 Å². The number of carbonyl (C=O) groups excluding carboxylic acids is 2. The van der Waals surface area contributed by atoms with E-state index in [1.807, 2.05) is 6.07 Å². The summed E-state index contributed by atoms with van der Waals surface area (Å²) in [5.41, 5.74) is 1.80. The molecule has 0 amide bonds. The highest BCUT2D eigenvalue weighted by Crippen LogP contribution is 2.28. The minimum absolute atomic E-state index is 0.0197. The topological polar surface area (TPSA) is 55.8 Å². The third-order valence-corrected chi connectivity index (χ3v) is 5.54. The number of ketones is 2. The summed E-state index contributed by atoms with van der Waals surface area (Å²) in [7, 11) is 3.08. The summed E-state index contributed by atoms with van der Waals surface area (Å²) in [6.07, 6.45) is 2.43. The summed E-state index contributed by atoms with van der Waals surface area (Å²) in [4.78, 5) is 27.4. The van der Waals surface area contributed by atoms with Crippen LogP contribution in [0.25, 0.3) is 0 Å². The Balaban J connectivity index is 1.46. The first kappa shape index (κ1) is 21.1. The van der Waals surface area contributed by atoms with Crippen molar-refractivity contribution in [3.8, 4) is 11.5 Å². The molecule has 1 aliphatic rings. The van der Waals surface area contributed by atoms with Gasteiger partial charge in [-0.2, -0.15) is 0 Å². The molecule has 5 heteroatoms. The van der Waals surface area contributed by atoms with Crippen LogP contribution in [0.2, 0.25) is 0 Å². The molecule has 1 aliphatic heterocycles. The van der Waals surface area contributed by atoms with Crippen molar-refractivity contribution in [2.45, 2.75) is 32.2 Å². The van der Waals surface area contributed by atoms with E-state index in [9.17, 15) is 9.59 Å². The van der Waals surface area contributed by atoms with Crippen molar-refractivity contribution >= 4 is 11.6 Å². The third-order valence-electron chi connectivity index (χ3n) is 5.54. The van der Waals surface area contributed by atoms with E-state index in [0.717, 1.165) is 32.5 Å². The largest absolute Gasteiger partial charge is 0.493 e. The number of hydrogen-bond donors (Lipinski definition) is 0. The Morgan fingerprint density at radius 2 is 1.66 bits per heavy atom. The number of piperidine rings is 1. The fourth-order valence-electron chi connectivity index (χ4n) is 3.88. The van der Waals surface area contributed by atoms with E-state index in [2.05, 4.69) is 29.2 Å². The predicted octanol–water partition coefficient (Wildman–Crippen LogP) is 4.15. The SMILES string of the molecule is COc1ccc(C(=O)CC(=O)CC2CCN(Cc3ccccc3)CC2)cc1OC. The van der Waals surface area contributed by atoms with Gasteiger partial charge in [0.2, 0.25) is 0 Å². The number of methoxy groups -OCH3 is 2. The zero-order chi connectivity index (χ0) is 20.6. The molecule has 1 heterocycles. The van der Waals surface area contributed by atoms with Crippen LogP contribution in [0.5, 0.6) is 11.5 Å². The smallest absolute Gasteiger partial charge is 0.170 e. The molecule has 0 spiro atoms. The van der Waals surface area contributed by atoms with Crippen LogP contribution in [0.1, 0.15) is 41.6 Å². The summed E-state index contributed by atoms with van der Waals surface area (Å²) in [5, 5.41) is 0. The molecule has 0 radical (unpaired) electrons. The second-order valence-electron chi connectivity index (χ2n) is 7.62. The Labute approximate surface area is 172 Å². The first-order valence-electron chi connectivity index (χ1n) is 10.1. The van der Waals surface area contributed by atoms with Gasteiger partial charge in [-0.25, -0.2) is 0 Å². The van der Waals surface area contributed by atoms with Gasteiger partial charge in [-0.15, -0.1) is 0 Å². The molecule has 2 aromatic carbocycles. The maximum atomic E-state index is 12.5. The van der Waals surface area contributed by atoms with Crippen molar-refractivity contribution in [3.05, 3.63) is 59.7 Å². The molecule has 1 fully saturated rings. The zero-order valence-electron chi connectivity index (χ0n) is 17.2. The number of nitrogens with zero attached hydrogens (tertiary/aromatic N) is 1. The van der Waals surface area contributed by atoms with E-state index in [-0.39, 0.29) is 18.0 Å². The molecule has 3 rings (SSSR count). The lowest BCUT2D eigenvalue weighted by Crippen LogP contribution is -2.34. The van der Waals surface area contributed by atoms with E-state index in [1.165, 1.54) is 12.7 Å². The standard InChI is InChI=1S/C24H29NO4/c1-28-23-9-8-20(15-24(23)29-2)22(27)16-21(26)14-18-10-12-25(13-11-18)17-19-6-4-3-5-7-19/h3-9,15,18H,10-14,16-17H2,1-2H3. The fourth-order valence-corrected chi connectivity index (χ4v) is 3.88. The van der Waals surface area contributed by atoms with Crippen LogP contribution in [-0.2, 0) is 11.3 Å². The van der Waals surface area contributed by atoms with E-state index in [0.29, 0.717) is 29.4 Å². The maximum absolute atomic E-state index is 12.5. The monoisotopic (exact) mass is 395 g/mol. The molecular weight excluding hydrogens is 366 g/mol. The first-order valence-corrected chi connectivity index (χ1v) is 10.1. The van der Waals surface area contributed by atoms with Gasteiger partial charge in [0, 0.05) is 18.5 Å². The van der Waals surface area contributed by atoms with Gasteiger partial charge in [-0.3, -0.25) is 14.5 Å². The lowest BCUT2D eigenvalue weighted by Gasteiger charge is -2.31. The molecule has 0 N–H and O–H groups in total. The van der Waals surface area contributed by atoms with Crippen molar-refractivity contribution in [1.29, 1.82) is 0 Å². The van der Waals surface area contributed by atoms with Crippen LogP contribution >= 0.6 is 0 Å². The quantitative estimate of drug-likeness (QED) is 0.472. The van der Waals surface area contributed by atoms with Crippen molar-refractivity contribution in [2.24, 2.45) is 5.92 Å². The van der Waals surface area contributed by atoms with E-state index in [4.69, 9.17) is 9.47 Å². The van der Waals surface area contributed by atoms with Crippen LogP contribution in [0.3, 0.4) is 0 Å². The molecule has 154 valence electrons.